The average molecular weight is 417 g/mol. The average Bonchev–Trinajstić information content (AvgIpc) is 3.20. The molecule has 0 spiro atoms. The maximum absolute atomic E-state index is 12.8. The van der Waals surface area contributed by atoms with Crippen LogP contribution in [-0.2, 0) is 17.7 Å². The molecule has 3 heterocycles. The second-order valence-corrected chi connectivity index (χ2v) is 7.89. The van der Waals surface area contributed by atoms with Crippen molar-refractivity contribution in [3.05, 3.63) is 46.5 Å². The molecule has 29 heavy (non-hydrogen) atoms. The van der Waals surface area contributed by atoms with E-state index in [9.17, 15) is 9.90 Å². The van der Waals surface area contributed by atoms with Gasteiger partial charge in [-0.3, -0.25) is 9.36 Å². The van der Waals surface area contributed by atoms with E-state index in [1.54, 1.807) is 0 Å². The second kappa shape index (κ2) is 8.89. The molecule has 0 radical (unpaired) electrons. The monoisotopic (exact) mass is 416 g/mol. The first-order chi connectivity index (χ1) is 14.1. The van der Waals surface area contributed by atoms with Gasteiger partial charge in [0, 0.05) is 13.1 Å². The van der Waals surface area contributed by atoms with Gasteiger partial charge in [-0.05, 0) is 24.1 Å². The number of morpholine rings is 1. The normalized spacial score (nSPS) is 15.6. The number of nitrogens with zero attached hydrogens (tertiary/aromatic N) is 4. The molecule has 1 N–H and O–H groups in total. The number of anilines is 1. The van der Waals surface area contributed by atoms with E-state index in [1.165, 1.54) is 27.8 Å². The lowest BCUT2D eigenvalue weighted by molar-refractivity contribution is 0.0914. The topological polar surface area (TPSA) is 89.7 Å². The van der Waals surface area contributed by atoms with E-state index in [1.807, 2.05) is 24.3 Å². The highest BCUT2D eigenvalue weighted by atomic mass is 32.1. The molecule has 154 valence electrons. The van der Waals surface area contributed by atoms with Crippen molar-refractivity contribution in [2.45, 2.75) is 26.0 Å². The number of ether oxygens (including phenoxy) is 2. The summed E-state index contributed by atoms with van der Waals surface area (Å²) in [6.07, 6.45) is 1.53. The summed E-state index contributed by atoms with van der Waals surface area (Å²) >= 11 is 1.34. The molecule has 0 saturated carbocycles. The Kier molecular flexibility index (Phi) is 6.08. The number of hydrogen-bond donors (Lipinski definition) is 1. The van der Waals surface area contributed by atoms with Gasteiger partial charge in [0.05, 0.1) is 19.8 Å². The van der Waals surface area contributed by atoms with Crippen molar-refractivity contribution in [3.63, 3.8) is 0 Å². The SMILES string of the molecule is CCc1cccc(OC[C@H](O)Cn2cnc3nc(N4CCOCC4)sc3c2=O)c1. The van der Waals surface area contributed by atoms with E-state index >= 15 is 0 Å². The van der Waals surface area contributed by atoms with Gasteiger partial charge in [-0.15, -0.1) is 0 Å². The Bertz CT molecular complexity index is 1030. The minimum absolute atomic E-state index is 0.0966. The highest BCUT2D eigenvalue weighted by molar-refractivity contribution is 7.22. The van der Waals surface area contributed by atoms with Crippen LogP contribution < -0.4 is 15.2 Å². The van der Waals surface area contributed by atoms with Crippen molar-refractivity contribution in [1.82, 2.24) is 14.5 Å². The van der Waals surface area contributed by atoms with Crippen LogP contribution in [0, 0.1) is 0 Å². The van der Waals surface area contributed by atoms with Gasteiger partial charge >= 0.3 is 0 Å². The number of aliphatic hydroxyl groups excluding tert-OH is 1. The number of benzene rings is 1. The first-order valence-electron chi connectivity index (χ1n) is 9.72. The van der Waals surface area contributed by atoms with Crippen molar-refractivity contribution >= 4 is 26.8 Å². The molecule has 3 aromatic rings. The number of aliphatic hydroxyl groups is 1. The van der Waals surface area contributed by atoms with Gasteiger partial charge in [0.1, 0.15) is 29.5 Å². The first kappa shape index (κ1) is 19.8. The Morgan fingerprint density at radius 1 is 1.34 bits per heavy atom. The van der Waals surface area contributed by atoms with Crippen molar-refractivity contribution in [1.29, 1.82) is 0 Å². The first-order valence-corrected chi connectivity index (χ1v) is 10.5. The molecule has 4 rings (SSSR count). The zero-order valence-electron chi connectivity index (χ0n) is 16.3. The van der Waals surface area contributed by atoms with Crippen molar-refractivity contribution in [2.24, 2.45) is 0 Å². The van der Waals surface area contributed by atoms with Gasteiger partial charge in [0.2, 0.25) is 0 Å². The second-order valence-electron chi connectivity index (χ2n) is 6.92. The lowest BCUT2D eigenvalue weighted by Crippen LogP contribution is -2.36. The number of fused-ring (bicyclic) bond motifs is 1. The Balaban J connectivity index is 1.44. The highest BCUT2D eigenvalue weighted by Crippen LogP contribution is 2.25. The van der Waals surface area contributed by atoms with E-state index in [0.717, 1.165) is 24.6 Å². The third kappa shape index (κ3) is 4.58. The van der Waals surface area contributed by atoms with E-state index in [2.05, 4.69) is 21.8 Å². The molecular formula is C20H24N4O4S. The van der Waals surface area contributed by atoms with Crippen LogP contribution >= 0.6 is 11.3 Å². The number of aromatic nitrogens is 3. The van der Waals surface area contributed by atoms with Crippen LogP contribution in [0.5, 0.6) is 5.75 Å². The smallest absolute Gasteiger partial charge is 0.273 e. The van der Waals surface area contributed by atoms with Gasteiger partial charge in [-0.2, -0.15) is 4.98 Å². The van der Waals surface area contributed by atoms with E-state index in [0.29, 0.717) is 29.3 Å². The molecule has 0 amide bonds. The Labute approximate surface area is 172 Å². The summed E-state index contributed by atoms with van der Waals surface area (Å²) in [6, 6.07) is 7.77. The van der Waals surface area contributed by atoms with Crippen LogP contribution in [-0.4, -0.2) is 58.7 Å². The van der Waals surface area contributed by atoms with E-state index < -0.39 is 6.10 Å². The minimum Gasteiger partial charge on any atom is -0.491 e. The van der Waals surface area contributed by atoms with Crippen LogP contribution in [0.4, 0.5) is 5.13 Å². The summed E-state index contributed by atoms with van der Waals surface area (Å²) in [5.74, 6) is 0.710. The Morgan fingerprint density at radius 3 is 2.97 bits per heavy atom. The molecule has 1 saturated heterocycles. The minimum atomic E-state index is -0.830. The predicted octanol–water partition coefficient (Wildman–Crippen LogP) is 1.69. The number of rotatable bonds is 7. The molecule has 2 aromatic heterocycles. The molecule has 1 aliphatic rings. The largest absolute Gasteiger partial charge is 0.491 e. The molecule has 1 fully saturated rings. The van der Waals surface area contributed by atoms with Gasteiger partial charge in [-0.25, -0.2) is 4.98 Å². The fraction of sp³-hybridized carbons (Fsp3) is 0.450. The van der Waals surface area contributed by atoms with Crippen LogP contribution in [0.2, 0.25) is 0 Å². The fourth-order valence-electron chi connectivity index (χ4n) is 3.18. The van der Waals surface area contributed by atoms with E-state index in [4.69, 9.17) is 9.47 Å². The molecule has 0 unspecified atom stereocenters. The van der Waals surface area contributed by atoms with Crippen LogP contribution in [0.1, 0.15) is 12.5 Å². The highest BCUT2D eigenvalue weighted by Gasteiger charge is 2.18. The number of hydrogen-bond acceptors (Lipinski definition) is 8. The third-order valence-electron chi connectivity index (χ3n) is 4.81. The summed E-state index contributed by atoms with van der Waals surface area (Å²) < 4.78 is 13.0. The molecule has 1 aliphatic heterocycles. The number of aryl methyl sites for hydroxylation is 1. The summed E-state index contributed by atoms with van der Waals surface area (Å²) in [7, 11) is 0. The molecule has 8 nitrogen and oxygen atoms in total. The maximum atomic E-state index is 12.8. The Morgan fingerprint density at radius 2 is 2.17 bits per heavy atom. The quantitative estimate of drug-likeness (QED) is 0.627. The summed E-state index contributed by atoms with van der Waals surface area (Å²) in [5, 5.41) is 11.1. The molecule has 9 heteroatoms. The zero-order chi connectivity index (χ0) is 20.2. The molecule has 0 bridgehead atoms. The van der Waals surface area contributed by atoms with Crippen molar-refractivity contribution < 1.29 is 14.6 Å². The summed E-state index contributed by atoms with van der Waals surface area (Å²) in [5.41, 5.74) is 1.42. The standard InChI is InChI=1S/C20H24N4O4S/c1-2-14-4-3-5-16(10-14)28-12-15(25)11-24-13-21-18-17(19(24)26)29-20(22-18)23-6-8-27-9-7-23/h3-5,10,13,15,25H,2,6-9,11-12H2,1H3/t15-/m1/s1. The van der Waals surface area contributed by atoms with E-state index in [-0.39, 0.29) is 18.7 Å². The number of thiazole rings is 1. The molecule has 0 aliphatic carbocycles. The van der Waals surface area contributed by atoms with Crippen LogP contribution in [0.3, 0.4) is 0 Å². The lowest BCUT2D eigenvalue weighted by Gasteiger charge is -2.25. The maximum Gasteiger partial charge on any atom is 0.273 e. The van der Waals surface area contributed by atoms with Gasteiger partial charge in [-0.1, -0.05) is 30.4 Å². The zero-order valence-corrected chi connectivity index (χ0v) is 17.1. The Hall–Kier alpha value is -2.49. The molecule has 1 aromatic carbocycles. The lowest BCUT2D eigenvalue weighted by atomic mass is 10.2. The van der Waals surface area contributed by atoms with Gasteiger partial charge < -0.3 is 19.5 Å². The van der Waals surface area contributed by atoms with Crippen LogP contribution in [0.15, 0.2) is 35.4 Å². The summed E-state index contributed by atoms with van der Waals surface area (Å²) in [4.78, 5) is 23.7. The third-order valence-corrected chi connectivity index (χ3v) is 5.90. The van der Waals surface area contributed by atoms with Crippen molar-refractivity contribution in [3.8, 4) is 5.75 Å². The van der Waals surface area contributed by atoms with Crippen molar-refractivity contribution in [2.75, 3.05) is 37.8 Å². The van der Waals surface area contributed by atoms with Gasteiger partial charge in [0.15, 0.2) is 10.8 Å². The molecular weight excluding hydrogens is 392 g/mol. The van der Waals surface area contributed by atoms with Gasteiger partial charge in [0.25, 0.3) is 5.56 Å². The molecule has 1 atom stereocenters. The predicted molar refractivity (Wildman–Crippen MR) is 112 cm³/mol. The van der Waals surface area contributed by atoms with Crippen LogP contribution in [0.25, 0.3) is 10.3 Å². The fourth-order valence-corrected chi connectivity index (χ4v) is 4.20. The summed E-state index contributed by atoms with van der Waals surface area (Å²) in [6.45, 7) is 5.10.